The molecule has 1 aliphatic rings. The van der Waals surface area contributed by atoms with E-state index in [0.29, 0.717) is 35.3 Å². The van der Waals surface area contributed by atoms with Crippen molar-refractivity contribution in [1.82, 2.24) is 19.5 Å². The number of para-hydroxylation sites is 2. The second-order valence-corrected chi connectivity index (χ2v) is 6.14. The first-order valence-corrected chi connectivity index (χ1v) is 7.63. The average molecular weight is 323 g/mol. The molecule has 0 radical (unpaired) electrons. The monoisotopic (exact) mass is 323 g/mol. The summed E-state index contributed by atoms with van der Waals surface area (Å²) in [6, 6.07) is 7.31. The van der Waals surface area contributed by atoms with Crippen molar-refractivity contribution in [3.8, 4) is 11.6 Å². The summed E-state index contributed by atoms with van der Waals surface area (Å²) in [5, 5.41) is 26.5. The van der Waals surface area contributed by atoms with Crippen LogP contribution in [0, 0.1) is 12.1 Å². The van der Waals surface area contributed by atoms with Gasteiger partial charge in [-0.05, 0) is 18.9 Å². The van der Waals surface area contributed by atoms with Gasteiger partial charge in [0.25, 0.3) is 5.89 Å². The van der Waals surface area contributed by atoms with Gasteiger partial charge in [0.05, 0.1) is 0 Å². The third-order valence-corrected chi connectivity index (χ3v) is 4.54. The zero-order valence-corrected chi connectivity index (χ0v) is 12.8. The van der Waals surface area contributed by atoms with E-state index in [2.05, 4.69) is 15.1 Å². The fraction of sp³-hybridized carbons (Fsp3) is 0.250. The third kappa shape index (κ3) is 1.65. The Labute approximate surface area is 135 Å². The standard InChI is InChI=1S/C16H13N5O3/c1-9-13-12(14-18-15(19-24-14)16(22)6-7-16)17-8-20(13)10-4-2-3-5-11(10)21(9)23/h2-5,8,22H,6-7H2,1H3. The van der Waals surface area contributed by atoms with Crippen molar-refractivity contribution in [2.24, 2.45) is 0 Å². The van der Waals surface area contributed by atoms with Gasteiger partial charge < -0.3 is 14.8 Å². The van der Waals surface area contributed by atoms with Crippen LogP contribution in [0.25, 0.3) is 28.1 Å². The number of nitrogens with zero attached hydrogens (tertiary/aromatic N) is 5. The summed E-state index contributed by atoms with van der Waals surface area (Å²) in [6.45, 7) is 1.73. The largest absolute Gasteiger partial charge is 0.618 e. The Kier molecular flexibility index (Phi) is 2.41. The minimum absolute atomic E-state index is 0.200. The first-order chi connectivity index (χ1) is 11.6. The molecular formula is C16H13N5O3. The molecule has 1 aliphatic carbocycles. The van der Waals surface area contributed by atoms with Gasteiger partial charge in [0, 0.05) is 13.0 Å². The third-order valence-electron chi connectivity index (χ3n) is 4.54. The lowest BCUT2D eigenvalue weighted by Gasteiger charge is -2.08. The van der Waals surface area contributed by atoms with E-state index in [9.17, 15) is 10.3 Å². The van der Waals surface area contributed by atoms with Gasteiger partial charge in [0.15, 0.2) is 5.69 Å². The highest BCUT2D eigenvalue weighted by atomic mass is 16.5. The Morgan fingerprint density at radius 2 is 2.12 bits per heavy atom. The highest BCUT2D eigenvalue weighted by Crippen LogP contribution is 2.44. The van der Waals surface area contributed by atoms with Crippen molar-refractivity contribution in [3.05, 3.63) is 47.3 Å². The second kappa shape index (κ2) is 4.30. The number of hydrogen-bond acceptors (Lipinski definition) is 6. The molecule has 1 aromatic carbocycles. The van der Waals surface area contributed by atoms with Gasteiger partial charge in [-0.3, -0.25) is 4.40 Å². The summed E-state index contributed by atoms with van der Waals surface area (Å²) < 4.78 is 8.00. The number of aryl methyl sites for hydroxylation is 1. The lowest BCUT2D eigenvalue weighted by Crippen LogP contribution is -2.32. The molecule has 0 saturated heterocycles. The molecule has 1 N–H and O–H groups in total. The quantitative estimate of drug-likeness (QED) is 0.442. The van der Waals surface area contributed by atoms with Gasteiger partial charge in [0.1, 0.15) is 23.0 Å². The fourth-order valence-corrected chi connectivity index (χ4v) is 3.00. The van der Waals surface area contributed by atoms with Crippen LogP contribution in [0.15, 0.2) is 35.1 Å². The molecule has 8 heteroatoms. The van der Waals surface area contributed by atoms with E-state index in [1.54, 1.807) is 19.3 Å². The topological polar surface area (TPSA) is 103 Å². The van der Waals surface area contributed by atoms with E-state index in [1.165, 1.54) is 0 Å². The summed E-state index contributed by atoms with van der Waals surface area (Å²) in [4.78, 5) is 8.64. The number of aromatic nitrogens is 5. The minimum Gasteiger partial charge on any atom is -0.618 e. The molecule has 0 unspecified atom stereocenters. The summed E-state index contributed by atoms with van der Waals surface area (Å²) in [6.07, 6.45) is 2.88. The molecule has 8 nitrogen and oxygen atoms in total. The van der Waals surface area contributed by atoms with Gasteiger partial charge in [-0.1, -0.05) is 17.3 Å². The number of aliphatic hydroxyl groups is 1. The van der Waals surface area contributed by atoms with Gasteiger partial charge >= 0.3 is 0 Å². The van der Waals surface area contributed by atoms with E-state index in [-0.39, 0.29) is 11.7 Å². The molecule has 5 rings (SSSR count). The van der Waals surface area contributed by atoms with Crippen molar-refractivity contribution in [2.45, 2.75) is 25.4 Å². The highest BCUT2D eigenvalue weighted by Gasteiger charge is 2.47. The van der Waals surface area contributed by atoms with E-state index in [4.69, 9.17) is 4.52 Å². The zero-order chi connectivity index (χ0) is 16.5. The normalized spacial score (nSPS) is 16.1. The highest BCUT2D eigenvalue weighted by molar-refractivity contribution is 5.82. The SMILES string of the molecule is Cc1c2c(-c3nc(C4(O)CC4)no3)ncn2c2ccccc2[n+]1[O-]. The Bertz CT molecular complexity index is 1110. The van der Waals surface area contributed by atoms with E-state index < -0.39 is 5.60 Å². The van der Waals surface area contributed by atoms with Crippen LogP contribution < -0.4 is 4.73 Å². The molecule has 1 fully saturated rings. The lowest BCUT2D eigenvalue weighted by atomic mass is 10.2. The van der Waals surface area contributed by atoms with Crippen LogP contribution in [0.1, 0.15) is 24.4 Å². The van der Waals surface area contributed by atoms with Crippen LogP contribution in [0.4, 0.5) is 0 Å². The number of fused-ring (bicyclic) bond motifs is 3. The van der Waals surface area contributed by atoms with Crippen molar-refractivity contribution in [2.75, 3.05) is 0 Å². The van der Waals surface area contributed by atoms with E-state index in [1.807, 2.05) is 22.6 Å². The van der Waals surface area contributed by atoms with Crippen molar-refractivity contribution >= 4 is 16.6 Å². The maximum Gasteiger partial charge on any atom is 0.279 e. The summed E-state index contributed by atoms with van der Waals surface area (Å²) in [5.41, 5.74) is 1.87. The molecule has 1 saturated carbocycles. The molecule has 3 aromatic heterocycles. The van der Waals surface area contributed by atoms with Gasteiger partial charge in [-0.2, -0.15) is 9.71 Å². The molecule has 0 amide bonds. The number of hydrogen-bond donors (Lipinski definition) is 1. The molecular weight excluding hydrogens is 310 g/mol. The molecule has 0 atom stereocenters. The number of rotatable bonds is 2. The van der Waals surface area contributed by atoms with Crippen LogP contribution in [0.2, 0.25) is 0 Å². The van der Waals surface area contributed by atoms with Crippen LogP contribution in [-0.4, -0.2) is 24.6 Å². The number of imidazole rings is 1. The lowest BCUT2D eigenvalue weighted by molar-refractivity contribution is -0.583. The smallest absolute Gasteiger partial charge is 0.279 e. The van der Waals surface area contributed by atoms with Crippen molar-refractivity contribution < 1.29 is 14.4 Å². The fourth-order valence-electron chi connectivity index (χ4n) is 3.00. The summed E-state index contributed by atoms with van der Waals surface area (Å²) in [5.74, 6) is 0.471. The van der Waals surface area contributed by atoms with Crippen molar-refractivity contribution in [3.63, 3.8) is 0 Å². The summed E-state index contributed by atoms with van der Waals surface area (Å²) >= 11 is 0. The first kappa shape index (κ1) is 13.4. The molecule has 3 heterocycles. The molecule has 0 aliphatic heterocycles. The van der Waals surface area contributed by atoms with Crippen LogP contribution in [0.3, 0.4) is 0 Å². The Hall–Kier alpha value is -3.00. The Morgan fingerprint density at radius 3 is 2.92 bits per heavy atom. The summed E-state index contributed by atoms with van der Waals surface area (Å²) in [7, 11) is 0. The maximum absolute atomic E-state index is 12.6. The molecule has 120 valence electrons. The van der Waals surface area contributed by atoms with Gasteiger partial charge in [-0.25, -0.2) is 4.98 Å². The predicted molar refractivity (Wildman–Crippen MR) is 82.8 cm³/mol. The van der Waals surface area contributed by atoms with Crippen LogP contribution in [-0.2, 0) is 5.60 Å². The Balaban J connectivity index is 1.80. The number of benzene rings is 1. The van der Waals surface area contributed by atoms with Gasteiger partial charge in [0.2, 0.25) is 17.0 Å². The molecule has 24 heavy (non-hydrogen) atoms. The average Bonchev–Trinajstić information content (AvgIpc) is 3.04. The minimum atomic E-state index is -0.975. The molecule has 0 spiro atoms. The van der Waals surface area contributed by atoms with Gasteiger partial charge in [-0.15, -0.1) is 0 Å². The first-order valence-electron chi connectivity index (χ1n) is 7.63. The van der Waals surface area contributed by atoms with Crippen molar-refractivity contribution in [1.29, 1.82) is 0 Å². The van der Waals surface area contributed by atoms with E-state index in [0.717, 1.165) is 10.2 Å². The van der Waals surface area contributed by atoms with Crippen LogP contribution in [0.5, 0.6) is 0 Å². The van der Waals surface area contributed by atoms with E-state index >= 15 is 0 Å². The molecule has 0 bridgehead atoms. The van der Waals surface area contributed by atoms with Crippen LogP contribution >= 0.6 is 0 Å². The zero-order valence-electron chi connectivity index (χ0n) is 12.8. The Morgan fingerprint density at radius 1 is 1.33 bits per heavy atom. The molecule has 4 aromatic rings. The second-order valence-electron chi connectivity index (χ2n) is 6.14. The maximum atomic E-state index is 12.6. The predicted octanol–water partition coefficient (Wildman–Crippen LogP) is 1.46.